The van der Waals surface area contributed by atoms with Gasteiger partial charge in [0.15, 0.2) is 5.82 Å². The quantitative estimate of drug-likeness (QED) is 0.664. The van der Waals surface area contributed by atoms with Crippen LogP contribution in [0.1, 0.15) is 53.6 Å². The molecule has 2 aromatic heterocycles. The van der Waals surface area contributed by atoms with Crippen molar-refractivity contribution in [3.63, 3.8) is 0 Å². The van der Waals surface area contributed by atoms with Crippen molar-refractivity contribution in [2.75, 3.05) is 0 Å². The number of aromatic nitrogens is 4. The van der Waals surface area contributed by atoms with E-state index in [1.165, 1.54) is 0 Å². The molecule has 3 aromatic rings. The maximum Gasteiger partial charge on any atom is 0.254 e. The zero-order chi connectivity index (χ0) is 20.3. The molecule has 0 aliphatic carbocycles. The molecule has 0 aliphatic heterocycles. The van der Waals surface area contributed by atoms with Crippen molar-refractivity contribution in [1.82, 2.24) is 25.1 Å². The summed E-state index contributed by atoms with van der Waals surface area (Å²) >= 11 is 5.91. The topological polar surface area (TPSA) is 72.7 Å². The minimum Gasteiger partial charge on any atom is -0.345 e. The van der Waals surface area contributed by atoms with Crippen molar-refractivity contribution in [1.29, 1.82) is 0 Å². The molecule has 0 saturated carbocycles. The van der Waals surface area contributed by atoms with E-state index >= 15 is 0 Å². The first-order chi connectivity index (χ1) is 13.4. The second kappa shape index (κ2) is 8.52. The molecular formula is C21H24ClN5O. The minimum absolute atomic E-state index is 0.108. The molecule has 0 radical (unpaired) electrons. The van der Waals surface area contributed by atoms with Gasteiger partial charge in [-0.25, -0.2) is 9.97 Å². The van der Waals surface area contributed by atoms with Gasteiger partial charge in [0.05, 0.1) is 17.3 Å². The lowest BCUT2D eigenvalue weighted by Crippen LogP contribution is -2.29. The van der Waals surface area contributed by atoms with Gasteiger partial charge < -0.3 is 5.32 Å². The van der Waals surface area contributed by atoms with E-state index in [9.17, 15) is 4.79 Å². The molecule has 1 amide bonds. The number of aryl methyl sites for hydroxylation is 2. The zero-order valence-electron chi connectivity index (χ0n) is 16.5. The van der Waals surface area contributed by atoms with E-state index < -0.39 is 0 Å². The van der Waals surface area contributed by atoms with Crippen LogP contribution in [0.2, 0.25) is 5.02 Å². The van der Waals surface area contributed by atoms with E-state index in [0.717, 1.165) is 35.5 Å². The fraction of sp³-hybridized carbons (Fsp3) is 0.333. The Morgan fingerprint density at radius 3 is 2.32 bits per heavy atom. The summed E-state index contributed by atoms with van der Waals surface area (Å²) in [7, 11) is 0. The fourth-order valence-corrected chi connectivity index (χ4v) is 3.46. The number of nitrogens with zero attached hydrogens (tertiary/aromatic N) is 4. The Bertz CT molecular complexity index is 964. The molecule has 6 nitrogen and oxygen atoms in total. The molecule has 1 aromatic carbocycles. The maximum absolute atomic E-state index is 12.7. The van der Waals surface area contributed by atoms with Crippen LogP contribution in [-0.4, -0.2) is 25.7 Å². The van der Waals surface area contributed by atoms with Gasteiger partial charge in [0.25, 0.3) is 5.91 Å². The van der Waals surface area contributed by atoms with Crippen LogP contribution >= 0.6 is 11.6 Å². The third kappa shape index (κ3) is 4.07. The van der Waals surface area contributed by atoms with Crippen molar-refractivity contribution in [3.05, 3.63) is 64.2 Å². The lowest BCUT2D eigenvalue weighted by Gasteiger charge is -2.18. The number of amides is 1. The largest absolute Gasteiger partial charge is 0.345 e. The molecule has 0 aliphatic rings. The molecule has 146 valence electrons. The van der Waals surface area contributed by atoms with Crippen LogP contribution in [0.15, 0.2) is 36.7 Å². The Labute approximate surface area is 170 Å². The number of nitrogens with one attached hydrogen (secondary N) is 1. The smallest absolute Gasteiger partial charge is 0.254 e. The predicted molar refractivity (Wildman–Crippen MR) is 110 cm³/mol. The number of rotatable bonds is 6. The van der Waals surface area contributed by atoms with Gasteiger partial charge in [-0.1, -0.05) is 18.5 Å². The first-order valence-corrected chi connectivity index (χ1v) is 9.75. The van der Waals surface area contributed by atoms with E-state index in [1.54, 1.807) is 24.5 Å². The molecule has 1 atom stereocenters. The summed E-state index contributed by atoms with van der Waals surface area (Å²) in [5.41, 5.74) is 4.38. The number of carbonyl (C=O) groups is 1. The van der Waals surface area contributed by atoms with Crippen LogP contribution < -0.4 is 5.32 Å². The van der Waals surface area contributed by atoms with Crippen LogP contribution in [0.4, 0.5) is 0 Å². The SMILES string of the molecule is CCC(NC(=O)c1cnc(-c2ccc(Cl)cc2)nc1)c1c(C)nn(CC)c1C. The summed E-state index contributed by atoms with van der Waals surface area (Å²) in [6.45, 7) is 8.93. The van der Waals surface area contributed by atoms with Crippen molar-refractivity contribution in [2.45, 2.75) is 46.7 Å². The summed E-state index contributed by atoms with van der Waals surface area (Å²) in [6, 6.07) is 7.16. The summed E-state index contributed by atoms with van der Waals surface area (Å²) in [6.07, 6.45) is 3.87. The van der Waals surface area contributed by atoms with E-state index in [0.29, 0.717) is 16.4 Å². The molecule has 7 heteroatoms. The first kappa shape index (κ1) is 20.0. The number of benzene rings is 1. The summed E-state index contributed by atoms with van der Waals surface area (Å²) in [5.74, 6) is 0.355. The van der Waals surface area contributed by atoms with Crippen molar-refractivity contribution in [3.8, 4) is 11.4 Å². The number of carbonyl (C=O) groups excluding carboxylic acids is 1. The molecule has 1 N–H and O–H groups in total. The van der Waals surface area contributed by atoms with Gasteiger partial charge in [0, 0.05) is 40.8 Å². The second-order valence-electron chi connectivity index (χ2n) is 6.64. The Morgan fingerprint density at radius 1 is 1.14 bits per heavy atom. The average Bonchev–Trinajstić information content (AvgIpc) is 3.00. The highest BCUT2D eigenvalue weighted by molar-refractivity contribution is 6.30. The highest BCUT2D eigenvalue weighted by Gasteiger charge is 2.22. The second-order valence-corrected chi connectivity index (χ2v) is 7.07. The van der Waals surface area contributed by atoms with Crippen LogP contribution in [0.25, 0.3) is 11.4 Å². The highest BCUT2D eigenvalue weighted by atomic mass is 35.5. The Morgan fingerprint density at radius 2 is 1.79 bits per heavy atom. The minimum atomic E-state index is -0.197. The molecule has 1 unspecified atom stereocenters. The van der Waals surface area contributed by atoms with Gasteiger partial charge in [0.2, 0.25) is 0 Å². The van der Waals surface area contributed by atoms with Gasteiger partial charge in [0.1, 0.15) is 0 Å². The standard InChI is InChI=1S/C21H24ClN5O/c1-5-18(19-13(3)26-27(6-2)14(19)4)25-21(28)16-11-23-20(24-12-16)15-7-9-17(22)10-8-15/h7-12,18H,5-6H2,1-4H3,(H,25,28). The normalized spacial score (nSPS) is 12.0. The molecule has 0 spiro atoms. The molecule has 28 heavy (non-hydrogen) atoms. The summed E-state index contributed by atoms with van der Waals surface area (Å²) in [5, 5.41) is 8.31. The predicted octanol–water partition coefficient (Wildman–Crippen LogP) is 4.51. The lowest BCUT2D eigenvalue weighted by atomic mass is 10.0. The number of hydrogen-bond donors (Lipinski definition) is 1. The average molecular weight is 398 g/mol. The van der Waals surface area contributed by atoms with Crippen LogP contribution in [-0.2, 0) is 6.54 Å². The fourth-order valence-electron chi connectivity index (χ4n) is 3.34. The van der Waals surface area contributed by atoms with E-state index in [1.807, 2.05) is 37.6 Å². The van der Waals surface area contributed by atoms with E-state index in [2.05, 4.69) is 27.3 Å². The number of halogens is 1. The molecular weight excluding hydrogens is 374 g/mol. The maximum atomic E-state index is 12.7. The monoisotopic (exact) mass is 397 g/mol. The van der Waals surface area contributed by atoms with Crippen LogP contribution in [0.5, 0.6) is 0 Å². The summed E-state index contributed by atoms with van der Waals surface area (Å²) in [4.78, 5) is 21.4. The molecule has 0 fully saturated rings. The third-order valence-corrected chi connectivity index (χ3v) is 5.07. The molecule has 3 rings (SSSR count). The number of hydrogen-bond acceptors (Lipinski definition) is 4. The highest BCUT2D eigenvalue weighted by Crippen LogP contribution is 2.25. The van der Waals surface area contributed by atoms with Gasteiger partial charge in [-0.05, 0) is 51.5 Å². The molecule has 2 heterocycles. The molecule has 0 bridgehead atoms. The first-order valence-electron chi connectivity index (χ1n) is 9.37. The van der Waals surface area contributed by atoms with E-state index in [4.69, 9.17) is 11.6 Å². The van der Waals surface area contributed by atoms with Crippen molar-refractivity contribution >= 4 is 17.5 Å². The third-order valence-electron chi connectivity index (χ3n) is 4.82. The van der Waals surface area contributed by atoms with Crippen LogP contribution in [0.3, 0.4) is 0 Å². The summed E-state index contributed by atoms with van der Waals surface area (Å²) < 4.78 is 1.96. The zero-order valence-corrected chi connectivity index (χ0v) is 17.3. The van der Waals surface area contributed by atoms with Gasteiger partial charge in [-0.15, -0.1) is 0 Å². The van der Waals surface area contributed by atoms with Crippen LogP contribution in [0, 0.1) is 13.8 Å². The van der Waals surface area contributed by atoms with E-state index in [-0.39, 0.29) is 11.9 Å². The van der Waals surface area contributed by atoms with Gasteiger partial charge in [-0.3, -0.25) is 9.48 Å². The van der Waals surface area contributed by atoms with Gasteiger partial charge >= 0.3 is 0 Å². The Hall–Kier alpha value is -2.73. The Kier molecular flexibility index (Phi) is 6.09. The van der Waals surface area contributed by atoms with Crippen molar-refractivity contribution in [2.24, 2.45) is 0 Å². The lowest BCUT2D eigenvalue weighted by molar-refractivity contribution is 0.0934. The van der Waals surface area contributed by atoms with Gasteiger partial charge in [-0.2, -0.15) is 5.10 Å². The Balaban J connectivity index is 1.78. The van der Waals surface area contributed by atoms with Crippen molar-refractivity contribution < 1.29 is 4.79 Å². The molecule has 0 saturated heterocycles.